The summed E-state index contributed by atoms with van der Waals surface area (Å²) in [6.07, 6.45) is 1.73. The number of imidazole rings is 1. The first-order valence-corrected chi connectivity index (χ1v) is 8.53. The summed E-state index contributed by atoms with van der Waals surface area (Å²) >= 11 is 0. The highest BCUT2D eigenvalue weighted by Crippen LogP contribution is 2.27. The maximum absolute atomic E-state index is 13.5. The van der Waals surface area contributed by atoms with Crippen LogP contribution in [-0.4, -0.2) is 21.6 Å². The molecule has 0 saturated carbocycles. The third-order valence-corrected chi connectivity index (χ3v) is 4.59. The number of rotatable bonds is 4. The van der Waals surface area contributed by atoms with Gasteiger partial charge in [0, 0.05) is 11.8 Å². The predicted octanol–water partition coefficient (Wildman–Crippen LogP) is 3.90. The zero-order valence-corrected chi connectivity index (χ0v) is 15.0. The van der Waals surface area contributed by atoms with E-state index in [1.54, 1.807) is 30.0 Å². The summed E-state index contributed by atoms with van der Waals surface area (Å²) in [6, 6.07) is 14.0. The number of aromatic nitrogens is 3. The fraction of sp³-hybridized carbons (Fsp3) is 0.143. The summed E-state index contributed by atoms with van der Waals surface area (Å²) in [5.74, 6) is 0.491. The molecule has 0 bridgehead atoms. The molecule has 0 aliphatic heterocycles. The standard InChI is InChI=1S/C21H18FN3O2/c1-13-8-15(6-7-19(13)27-2)16-10-18-20(23-11-16)24-21(26)25(18)12-14-4-3-5-17(22)9-14/h3-11H,12H2,1-2H3,(H,23,24,26). The van der Waals surface area contributed by atoms with Gasteiger partial charge in [0.05, 0.1) is 19.2 Å². The summed E-state index contributed by atoms with van der Waals surface area (Å²) < 4.78 is 20.4. The Morgan fingerprint density at radius 1 is 1.15 bits per heavy atom. The van der Waals surface area contributed by atoms with Crippen molar-refractivity contribution in [2.45, 2.75) is 13.5 Å². The minimum atomic E-state index is -0.326. The van der Waals surface area contributed by atoms with Gasteiger partial charge < -0.3 is 4.74 Å². The Kier molecular flexibility index (Phi) is 4.24. The lowest BCUT2D eigenvalue weighted by Crippen LogP contribution is -2.17. The Bertz CT molecular complexity index is 1190. The quantitative estimate of drug-likeness (QED) is 0.598. The van der Waals surface area contributed by atoms with Gasteiger partial charge in [0.1, 0.15) is 11.6 Å². The number of hydrogen-bond acceptors (Lipinski definition) is 3. The number of fused-ring (bicyclic) bond motifs is 1. The number of halogens is 1. The van der Waals surface area contributed by atoms with Crippen LogP contribution >= 0.6 is 0 Å². The average molecular weight is 363 g/mol. The fourth-order valence-corrected chi connectivity index (χ4v) is 3.22. The van der Waals surface area contributed by atoms with Crippen molar-refractivity contribution in [3.63, 3.8) is 0 Å². The Morgan fingerprint density at radius 3 is 2.74 bits per heavy atom. The van der Waals surface area contributed by atoms with Crippen LogP contribution in [0.5, 0.6) is 5.75 Å². The molecule has 0 aliphatic carbocycles. The van der Waals surface area contributed by atoms with Crippen LogP contribution in [0.3, 0.4) is 0 Å². The van der Waals surface area contributed by atoms with E-state index in [1.807, 2.05) is 31.2 Å². The number of H-pyrrole nitrogens is 1. The Morgan fingerprint density at radius 2 is 2.00 bits per heavy atom. The van der Waals surface area contributed by atoms with E-state index >= 15 is 0 Å². The van der Waals surface area contributed by atoms with E-state index in [1.165, 1.54) is 12.1 Å². The number of methoxy groups -OCH3 is 1. The minimum absolute atomic E-state index is 0.267. The number of aromatic amines is 1. The second kappa shape index (κ2) is 6.72. The molecule has 0 fully saturated rings. The number of nitrogens with one attached hydrogen (secondary N) is 1. The van der Waals surface area contributed by atoms with Gasteiger partial charge >= 0.3 is 5.69 Å². The molecule has 0 spiro atoms. The number of hydrogen-bond donors (Lipinski definition) is 1. The van der Waals surface area contributed by atoms with E-state index in [-0.39, 0.29) is 18.1 Å². The molecule has 0 aliphatic rings. The van der Waals surface area contributed by atoms with Crippen molar-refractivity contribution in [2.24, 2.45) is 0 Å². The highest BCUT2D eigenvalue weighted by atomic mass is 19.1. The number of aryl methyl sites for hydroxylation is 1. The van der Waals surface area contributed by atoms with Gasteiger partial charge in [0.25, 0.3) is 0 Å². The first-order valence-electron chi connectivity index (χ1n) is 8.53. The van der Waals surface area contributed by atoms with Gasteiger partial charge in [-0.3, -0.25) is 9.55 Å². The molecule has 0 atom stereocenters. The van der Waals surface area contributed by atoms with E-state index in [2.05, 4.69) is 9.97 Å². The minimum Gasteiger partial charge on any atom is -0.496 e. The molecule has 2 aromatic heterocycles. The maximum Gasteiger partial charge on any atom is 0.327 e. The number of benzene rings is 2. The summed E-state index contributed by atoms with van der Waals surface area (Å²) in [5, 5.41) is 0. The Balaban J connectivity index is 1.80. The van der Waals surface area contributed by atoms with Gasteiger partial charge in [0.2, 0.25) is 0 Å². The summed E-state index contributed by atoms with van der Waals surface area (Å²) in [4.78, 5) is 19.5. The van der Waals surface area contributed by atoms with Crippen molar-refractivity contribution >= 4 is 11.2 Å². The molecule has 2 aromatic carbocycles. The molecule has 6 heteroatoms. The van der Waals surface area contributed by atoms with Crippen LogP contribution in [0.15, 0.2) is 59.5 Å². The van der Waals surface area contributed by atoms with Crippen LogP contribution in [0, 0.1) is 12.7 Å². The molecular formula is C21H18FN3O2. The third kappa shape index (κ3) is 3.21. The normalized spacial score (nSPS) is 11.1. The van der Waals surface area contributed by atoms with E-state index in [4.69, 9.17) is 4.74 Å². The lowest BCUT2D eigenvalue weighted by atomic mass is 10.0. The zero-order valence-electron chi connectivity index (χ0n) is 15.0. The van der Waals surface area contributed by atoms with Crippen LogP contribution < -0.4 is 10.4 Å². The van der Waals surface area contributed by atoms with Gasteiger partial charge in [-0.1, -0.05) is 18.2 Å². The summed E-state index contributed by atoms with van der Waals surface area (Å²) in [7, 11) is 1.64. The molecular weight excluding hydrogens is 345 g/mol. The molecule has 1 N–H and O–H groups in total. The van der Waals surface area contributed by atoms with E-state index in [0.29, 0.717) is 16.7 Å². The van der Waals surface area contributed by atoms with Crippen molar-refractivity contribution in [1.82, 2.24) is 14.5 Å². The van der Waals surface area contributed by atoms with Crippen molar-refractivity contribution in [3.05, 3.63) is 82.2 Å². The SMILES string of the molecule is COc1ccc(-c2cnc3[nH]c(=O)n(Cc4cccc(F)c4)c3c2)cc1C. The Labute approximate surface area is 155 Å². The summed E-state index contributed by atoms with van der Waals surface area (Å²) in [6.45, 7) is 2.24. The van der Waals surface area contributed by atoms with Crippen molar-refractivity contribution in [1.29, 1.82) is 0 Å². The predicted molar refractivity (Wildman–Crippen MR) is 103 cm³/mol. The topological polar surface area (TPSA) is 59.9 Å². The molecule has 0 amide bonds. The first kappa shape index (κ1) is 17.0. The zero-order chi connectivity index (χ0) is 19.0. The van der Waals surface area contributed by atoms with Gasteiger partial charge in [-0.05, 0) is 53.9 Å². The molecule has 4 rings (SSSR count). The molecule has 4 aromatic rings. The average Bonchev–Trinajstić information content (AvgIpc) is 2.96. The van der Waals surface area contributed by atoms with Gasteiger partial charge in [0.15, 0.2) is 5.65 Å². The highest BCUT2D eigenvalue weighted by molar-refractivity contribution is 5.78. The third-order valence-electron chi connectivity index (χ3n) is 4.59. The van der Waals surface area contributed by atoms with Crippen LogP contribution in [0.4, 0.5) is 4.39 Å². The number of nitrogens with zero attached hydrogens (tertiary/aromatic N) is 2. The Hall–Kier alpha value is -3.41. The van der Waals surface area contributed by atoms with Gasteiger partial charge in [-0.2, -0.15) is 0 Å². The molecule has 0 radical (unpaired) electrons. The molecule has 5 nitrogen and oxygen atoms in total. The number of pyridine rings is 1. The molecule has 2 heterocycles. The van der Waals surface area contributed by atoms with Crippen LogP contribution in [-0.2, 0) is 6.54 Å². The smallest absolute Gasteiger partial charge is 0.327 e. The number of ether oxygens (including phenoxy) is 1. The second-order valence-electron chi connectivity index (χ2n) is 6.42. The summed E-state index contributed by atoms with van der Waals surface area (Å²) in [5.41, 5.74) is 4.50. The van der Waals surface area contributed by atoms with Gasteiger partial charge in [-0.15, -0.1) is 0 Å². The van der Waals surface area contributed by atoms with Crippen LogP contribution in [0.25, 0.3) is 22.3 Å². The van der Waals surface area contributed by atoms with Crippen molar-refractivity contribution in [3.8, 4) is 16.9 Å². The maximum atomic E-state index is 13.5. The van der Waals surface area contributed by atoms with Crippen molar-refractivity contribution < 1.29 is 9.13 Å². The first-order chi connectivity index (χ1) is 13.0. The van der Waals surface area contributed by atoms with Crippen molar-refractivity contribution in [2.75, 3.05) is 7.11 Å². The lowest BCUT2D eigenvalue weighted by Gasteiger charge is -2.08. The molecule has 27 heavy (non-hydrogen) atoms. The van der Waals surface area contributed by atoms with E-state index in [0.717, 1.165) is 22.4 Å². The molecule has 136 valence electrons. The second-order valence-corrected chi connectivity index (χ2v) is 6.42. The van der Waals surface area contributed by atoms with Gasteiger partial charge in [-0.25, -0.2) is 14.2 Å². The largest absolute Gasteiger partial charge is 0.496 e. The molecule has 0 saturated heterocycles. The van der Waals surface area contributed by atoms with Crippen LogP contribution in [0.2, 0.25) is 0 Å². The van der Waals surface area contributed by atoms with Crippen LogP contribution in [0.1, 0.15) is 11.1 Å². The highest BCUT2D eigenvalue weighted by Gasteiger charge is 2.11. The fourth-order valence-electron chi connectivity index (χ4n) is 3.22. The van der Waals surface area contributed by atoms with E-state index in [9.17, 15) is 9.18 Å². The van der Waals surface area contributed by atoms with E-state index < -0.39 is 0 Å². The lowest BCUT2D eigenvalue weighted by molar-refractivity contribution is 0.412. The monoisotopic (exact) mass is 363 g/mol. The molecule has 0 unspecified atom stereocenters.